The molecule has 0 fully saturated rings. The zero-order chi connectivity index (χ0) is 13.8. The van der Waals surface area contributed by atoms with E-state index in [9.17, 15) is 4.79 Å². The van der Waals surface area contributed by atoms with Crippen LogP contribution in [0.15, 0.2) is 24.3 Å². The Morgan fingerprint density at radius 3 is 2.79 bits per heavy atom. The molecule has 1 aliphatic carbocycles. The fraction of sp³-hybridized carbons (Fsp3) is 0.562. The van der Waals surface area contributed by atoms with E-state index in [1.807, 2.05) is 11.9 Å². The molecule has 0 saturated heterocycles. The molecule has 0 spiro atoms. The van der Waals surface area contributed by atoms with Crippen molar-refractivity contribution in [3.8, 4) is 0 Å². The van der Waals surface area contributed by atoms with Gasteiger partial charge in [0.1, 0.15) is 0 Å². The van der Waals surface area contributed by atoms with Gasteiger partial charge in [0.05, 0.1) is 0 Å². The van der Waals surface area contributed by atoms with Crippen LogP contribution >= 0.6 is 15.9 Å². The summed E-state index contributed by atoms with van der Waals surface area (Å²) < 4.78 is 0. The number of nitrogens with zero attached hydrogens (tertiary/aromatic N) is 1. The van der Waals surface area contributed by atoms with E-state index >= 15 is 0 Å². The number of carbonyl (C=O) groups excluding carboxylic acids is 1. The van der Waals surface area contributed by atoms with Crippen molar-refractivity contribution in [2.75, 3.05) is 13.6 Å². The highest BCUT2D eigenvalue weighted by Crippen LogP contribution is 2.26. The first-order valence-corrected chi connectivity index (χ1v) is 7.95. The van der Waals surface area contributed by atoms with Crippen molar-refractivity contribution < 1.29 is 4.79 Å². The Morgan fingerprint density at radius 1 is 1.42 bits per heavy atom. The standard InChI is InChI=1S/C16H22BrNO/c1-12(17)9-10-18(2)16(19)15-8-7-13-5-3-4-6-14(13)11-15/h3-6,12,15H,7-11H2,1-2H3. The minimum Gasteiger partial charge on any atom is -0.345 e. The molecule has 1 aliphatic rings. The van der Waals surface area contributed by atoms with Gasteiger partial charge < -0.3 is 4.90 Å². The Balaban J connectivity index is 1.95. The summed E-state index contributed by atoms with van der Waals surface area (Å²) in [6.07, 6.45) is 3.94. The van der Waals surface area contributed by atoms with Gasteiger partial charge in [0.15, 0.2) is 0 Å². The summed E-state index contributed by atoms with van der Waals surface area (Å²) >= 11 is 3.53. The topological polar surface area (TPSA) is 20.3 Å². The van der Waals surface area contributed by atoms with Gasteiger partial charge >= 0.3 is 0 Å². The number of rotatable bonds is 4. The first-order valence-electron chi connectivity index (χ1n) is 7.03. The number of hydrogen-bond donors (Lipinski definition) is 0. The van der Waals surface area contributed by atoms with Crippen LogP contribution in [0.25, 0.3) is 0 Å². The van der Waals surface area contributed by atoms with Crippen LogP contribution in [0, 0.1) is 5.92 Å². The minimum atomic E-state index is 0.172. The lowest BCUT2D eigenvalue weighted by Crippen LogP contribution is -2.36. The van der Waals surface area contributed by atoms with Gasteiger partial charge in [-0.2, -0.15) is 0 Å². The predicted octanol–water partition coefficient (Wildman–Crippen LogP) is 3.42. The third-order valence-electron chi connectivity index (χ3n) is 3.93. The van der Waals surface area contributed by atoms with Gasteiger partial charge in [-0.25, -0.2) is 0 Å². The zero-order valence-corrected chi connectivity index (χ0v) is 13.3. The van der Waals surface area contributed by atoms with Gasteiger partial charge in [0.25, 0.3) is 0 Å². The molecule has 0 heterocycles. The maximum atomic E-state index is 12.4. The second-order valence-corrected chi connectivity index (χ2v) is 7.10. The van der Waals surface area contributed by atoms with E-state index in [2.05, 4.69) is 47.1 Å². The quantitative estimate of drug-likeness (QED) is 0.777. The molecule has 2 rings (SSSR count). The molecule has 1 amide bonds. The molecule has 3 heteroatoms. The normalized spacial score (nSPS) is 19.6. The van der Waals surface area contributed by atoms with E-state index in [-0.39, 0.29) is 5.92 Å². The fourth-order valence-corrected chi connectivity index (χ4v) is 2.91. The molecule has 1 aromatic carbocycles. The van der Waals surface area contributed by atoms with Crippen LogP contribution in [0.4, 0.5) is 0 Å². The van der Waals surface area contributed by atoms with Crippen LogP contribution in [0.2, 0.25) is 0 Å². The van der Waals surface area contributed by atoms with Crippen molar-refractivity contribution in [3.63, 3.8) is 0 Å². The highest BCUT2D eigenvalue weighted by atomic mass is 79.9. The summed E-state index contributed by atoms with van der Waals surface area (Å²) in [5.41, 5.74) is 2.78. The summed E-state index contributed by atoms with van der Waals surface area (Å²) in [7, 11) is 1.93. The highest BCUT2D eigenvalue weighted by molar-refractivity contribution is 9.09. The minimum absolute atomic E-state index is 0.172. The molecule has 1 aromatic rings. The molecule has 2 nitrogen and oxygen atoms in total. The van der Waals surface area contributed by atoms with Crippen molar-refractivity contribution in [3.05, 3.63) is 35.4 Å². The number of amides is 1. The van der Waals surface area contributed by atoms with Crippen LogP contribution in [0.5, 0.6) is 0 Å². The molecule has 0 N–H and O–H groups in total. The van der Waals surface area contributed by atoms with Crippen LogP contribution in [-0.4, -0.2) is 29.2 Å². The van der Waals surface area contributed by atoms with Crippen molar-refractivity contribution in [2.24, 2.45) is 5.92 Å². The molecule has 104 valence electrons. The van der Waals surface area contributed by atoms with E-state index < -0.39 is 0 Å². The summed E-state index contributed by atoms with van der Waals surface area (Å²) in [5.74, 6) is 0.480. The summed E-state index contributed by atoms with van der Waals surface area (Å²) in [5, 5.41) is 0. The van der Waals surface area contributed by atoms with Crippen molar-refractivity contribution >= 4 is 21.8 Å². The molecule has 0 aliphatic heterocycles. The fourth-order valence-electron chi connectivity index (χ4n) is 2.70. The number of alkyl halides is 1. The maximum absolute atomic E-state index is 12.4. The number of benzene rings is 1. The SMILES string of the molecule is CC(Br)CCN(C)C(=O)C1CCc2ccccc2C1. The summed E-state index contributed by atoms with van der Waals surface area (Å²) in [6, 6.07) is 8.51. The van der Waals surface area contributed by atoms with Crippen molar-refractivity contribution in [1.82, 2.24) is 4.90 Å². The lowest BCUT2D eigenvalue weighted by molar-refractivity contribution is -0.134. The number of halogens is 1. The van der Waals surface area contributed by atoms with Gasteiger partial charge in [-0.15, -0.1) is 0 Å². The number of carbonyl (C=O) groups is 1. The third kappa shape index (κ3) is 3.82. The summed E-state index contributed by atoms with van der Waals surface area (Å²) in [4.78, 5) is 14.8. The molecule has 0 radical (unpaired) electrons. The monoisotopic (exact) mass is 323 g/mol. The second-order valence-electron chi connectivity index (χ2n) is 5.54. The predicted molar refractivity (Wildman–Crippen MR) is 82.6 cm³/mol. The summed E-state index contributed by atoms with van der Waals surface area (Å²) in [6.45, 7) is 2.96. The Hall–Kier alpha value is -0.830. The first kappa shape index (κ1) is 14.6. The van der Waals surface area contributed by atoms with Crippen LogP contribution in [0.1, 0.15) is 30.9 Å². The Kier molecular flexibility index (Phi) is 5.03. The maximum Gasteiger partial charge on any atom is 0.225 e. The molecule has 0 aromatic heterocycles. The Bertz CT molecular complexity index is 444. The molecule has 2 unspecified atom stereocenters. The van der Waals surface area contributed by atoms with E-state index in [0.717, 1.165) is 32.2 Å². The lowest BCUT2D eigenvalue weighted by Gasteiger charge is -2.28. The highest BCUT2D eigenvalue weighted by Gasteiger charge is 2.26. The lowest BCUT2D eigenvalue weighted by atomic mass is 9.83. The largest absolute Gasteiger partial charge is 0.345 e. The Morgan fingerprint density at radius 2 is 2.11 bits per heavy atom. The molecule has 19 heavy (non-hydrogen) atoms. The second kappa shape index (κ2) is 6.56. The van der Waals surface area contributed by atoms with E-state index in [1.54, 1.807) is 0 Å². The van der Waals surface area contributed by atoms with Gasteiger partial charge in [-0.3, -0.25) is 4.79 Å². The van der Waals surface area contributed by atoms with E-state index in [4.69, 9.17) is 0 Å². The van der Waals surface area contributed by atoms with Crippen LogP contribution in [-0.2, 0) is 17.6 Å². The molecule has 2 atom stereocenters. The molecule has 0 saturated carbocycles. The van der Waals surface area contributed by atoms with E-state index in [1.165, 1.54) is 11.1 Å². The zero-order valence-electron chi connectivity index (χ0n) is 11.7. The van der Waals surface area contributed by atoms with Crippen LogP contribution < -0.4 is 0 Å². The van der Waals surface area contributed by atoms with Crippen LogP contribution in [0.3, 0.4) is 0 Å². The number of fused-ring (bicyclic) bond motifs is 1. The molecular weight excluding hydrogens is 302 g/mol. The van der Waals surface area contributed by atoms with Gasteiger partial charge in [0, 0.05) is 24.3 Å². The van der Waals surface area contributed by atoms with Gasteiger partial charge in [-0.05, 0) is 36.8 Å². The Labute approximate surface area is 124 Å². The first-order chi connectivity index (χ1) is 9.08. The smallest absolute Gasteiger partial charge is 0.225 e. The number of hydrogen-bond acceptors (Lipinski definition) is 1. The average molecular weight is 324 g/mol. The van der Waals surface area contributed by atoms with Gasteiger partial charge in [-0.1, -0.05) is 47.1 Å². The molecule has 0 bridgehead atoms. The number of aryl methyl sites for hydroxylation is 1. The third-order valence-corrected chi connectivity index (χ3v) is 4.39. The van der Waals surface area contributed by atoms with Crippen molar-refractivity contribution in [2.45, 2.75) is 37.4 Å². The molecular formula is C16H22BrNO. The van der Waals surface area contributed by atoms with E-state index in [0.29, 0.717) is 10.7 Å². The van der Waals surface area contributed by atoms with Crippen molar-refractivity contribution in [1.29, 1.82) is 0 Å². The average Bonchev–Trinajstić information content (AvgIpc) is 2.43. The van der Waals surface area contributed by atoms with Gasteiger partial charge in [0.2, 0.25) is 5.91 Å².